The fourth-order valence-electron chi connectivity index (χ4n) is 2.19. The molecule has 0 saturated heterocycles. The molecule has 1 N–H and O–H groups in total. The molecule has 1 atom stereocenters. The van der Waals surface area contributed by atoms with Crippen LogP contribution in [0.25, 0.3) is 0 Å². The predicted molar refractivity (Wildman–Crippen MR) is 74.6 cm³/mol. The average Bonchev–Trinajstić information content (AvgIpc) is 2.85. The molecule has 0 aliphatic rings. The van der Waals surface area contributed by atoms with E-state index in [1.165, 1.54) is 11.6 Å². The number of aryl methyl sites for hydroxylation is 1. The summed E-state index contributed by atoms with van der Waals surface area (Å²) in [4.78, 5) is 0. The van der Waals surface area contributed by atoms with Gasteiger partial charge in [-0.05, 0) is 50.1 Å². The van der Waals surface area contributed by atoms with Gasteiger partial charge < -0.3 is 5.32 Å². The highest BCUT2D eigenvalue weighted by molar-refractivity contribution is 5.18. The number of hydrogen-bond donors (Lipinski definition) is 1. The summed E-state index contributed by atoms with van der Waals surface area (Å²) in [7, 11) is 1.94. The Balaban J connectivity index is 2.00. The molecule has 0 spiro atoms. The van der Waals surface area contributed by atoms with Crippen LogP contribution in [-0.4, -0.2) is 22.9 Å². The highest BCUT2D eigenvalue weighted by Gasteiger charge is 2.10. The van der Waals surface area contributed by atoms with Crippen molar-refractivity contribution in [2.45, 2.75) is 32.4 Å². The third-order valence-electron chi connectivity index (χ3n) is 3.27. The van der Waals surface area contributed by atoms with E-state index >= 15 is 0 Å². The molecule has 3 nitrogen and oxygen atoms in total. The molecule has 1 aromatic heterocycles. The minimum Gasteiger partial charge on any atom is -0.316 e. The normalized spacial score (nSPS) is 12.6. The molecule has 0 fully saturated rings. The number of likely N-dealkylation sites (N-methyl/N-ethyl adjacent to an activating group) is 1. The first kappa shape index (κ1) is 13.7. The Bertz CT molecular complexity index is 522. The molecular weight excluding hydrogens is 241 g/mol. The summed E-state index contributed by atoms with van der Waals surface area (Å²) in [6.45, 7) is 2.95. The maximum atomic E-state index is 13.2. The van der Waals surface area contributed by atoms with E-state index in [2.05, 4.69) is 23.5 Å². The third-order valence-corrected chi connectivity index (χ3v) is 3.27. The summed E-state index contributed by atoms with van der Waals surface area (Å²) in [5.74, 6) is -0.175. The number of halogens is 1. The van der Waals surface area contributed by atoms with Gasteiger partial charge in [-0.25, -0.2) is 4.39 Å². The van der Waals surface area contributed by atoms with Crippen molar-refractivity contribution in [1.29, 1.82) is 0 Å². The maximum absolute atomic E-state index is 13.2. The molecule has 0 bridgehead atoms. The van der Waals surface area contributed by atoms with Gasteiger partial charge in [-0.15, -0.1) is 0 Å². The van der Waals surface area contributed by atoms with Crippen LogP contribution in [0.1, 0.15) is 18.1 Å². The van der Waals surface area contributed by atoms with Gasteiger partial charge in [0, 0.05) is 18.8 Å². The smallest absolute Gasteiger partial charge is 0.123 e. The number of nitrogens with zero attached hydrogens (tertiary/aromatic N) is 2. The Morgan fingerprint density at radius 1 is 1.32 bits per heavy atom. The van der Waals surface area contributed by atoms with Gasteiger partial charge >= 0.3 is 0 Å². The van der Waals surface area contributed by atoms with E-state index < -0.39 is 0 Å². The molecule has 0 aliphatic heterocycles. The van der Waals surface area contributed by atoms with Crippen molar-refractivity contribution in [2.24, 2.45) is 0 Å². The van der Waals surface area contributed by atoms with Crippen LogP contribution in [0.3, 0.4) is 0 Å². The fraction of sp³-hybridized carbons (Fsp3) is 0.400. The lowest BCUT2D eigenvalue weighted by Gasteiger charge is -2.15. The Labute approximate surface area is 113 Å². The van der Waals surface area contributed by atoms with Gasteiger partial charge in [0.05, 0.1) is 6.20 Å². The van der Waals surface area contributed by atoms with Crippen molar-refractivity contribution in [2.75, 3.05) is 7.05 Å². The quantitative estimate of drug-likeness (QED) is 0.865. The van der Waals surface area contributed by atoms with E-state index in [1.807, 2.05) is 24.0 Å². The minimum absolute atomic E-state index is 0.175. The Kier molecular flexibility index (Phi) is 4.68. The number of rotatable bonds is 6. The second-order valence-corrected chi connectivity index (χ2v) is 4.73. The number of aromatic nitrogens is 2. The zero-order valence-electron chi connectivity index (χ0n) is 11.4. The molecule has 102 valence electrons. The van der Waals surface area contributed by atoms with Crippen molar-refractivity contribution in [3.63, 3.8) is 0 Å². The Morgan fingerprint density at radius 3 is 2.74 bits per heavy atom. The summed E-state index contributed by atoms with van der Waals surface area (Å²) in [5.41, 5.74) is 2.22. The van der Waals surface area contributed by atoms with E-state index in [9.17, 15) is 4.39 Å². The largest absolute Gasteiger partial charge is 0.316 e. The van der Waals surface area contributed by atoms with Crippen LogP contribution in [0, 0.1) is 5.82 Å². The molecule has 1 heterocycles. The molecule has 0 radical (unpaired) electrons. The maximum Gasteiger partial charge on any atom is 0.123 e. The molecule has 0 aliphatic carbocycles. The molecule has 2 aromatic rings. The van der Waals surface area contributed by atoms with Crippen LogP contribution < -0.4 is 5.32 Å². The lowest BCUT2D eigenvalue weighted by molar-refractivity contribution is 0.552. The topological polar surface area (TPSA) is 29.9 Å². The van der Waals surface area contributed by atoms with E-state index in [-0.39, 0.29) is 11.9 Å². The first-order valence-corrected chi connectivity index (χ1v) is 6.64. The van der Waals surface area contributed by atoms with Crippen LogP contribution in [0.2, 0.25) is 0 Å². The van der Waals surface area contributed by atoms with E-state index in [1.54, 1.807) is 12.1 Å². The second-order valence-electron chi connectivity index (χ2n) is 4.73. The highest BCUT2D eigenvalue weighted by atomic mass is 19.1. The number of hydrogen-bond acceptors (Lipinski definition) is 2. The first-order chi connectivity index (χ1) is 9.21. The van der Waals surface area contributed by atoms with Gasteiger partial charge in [-0.1, -0.05) is 12.1 Å². The van der Waals surface area contributed by atoms with Crippen molar-refractivity contribution in [3.05, 3.63) is 53.6 Å². The summed E-state index contributed by atoms with van der Waals surface area (Å²) in [6, 6.07) is 7.08. The van der Waals surface area contributed by atoms with Crippen molar-refractivity contribution >= 4 is 0 Å². The summed E-state index contributed by atoms with van der Waals surface area (Å²) < 4.78 is 15.1. The number of benzene rings is 1. The van der Waals surface area contributed by atoms with E-state index in [4.69, 9.17) is 0 Å². The van der Waals surface area contributed by atoms with Gasteiger partial charge in [0.1, 0.15) is 5.82 Å². The molecule has 1 aromatic carbocycles. The summed E-state index contributed by atoms with van der Waals surface area (Å²) in [6.07, 6.45) is 5.67. The van der Waals surface area contributed by atoms with E-state index in [0.717, 1.165) is 24.9 Å². The minimum atomic E-state index is -0.175. The van der Waals surface area contributed by atoms with Gasteiger partial charge in [-0.3, -0.25) is 4.68 Å². The Hall–Kier alpha value is -1.68. The van der Waals surface area contributed by atoms with Gasteiger partial charge in [0.2, 0.25) is 0 Å². The van der Waals surface area contributed by atoms with Gasteiger partial charge in [0.25, 0.3) is 0 Å². The van der Waals surface area contributed by atoms with Crippen molar-refractivity contribution in [1.82, 2.24) is 15.1 Å². The standard InChI is InChI=1S/C15H20FN3/c1-3-19-11-13(10-18-19)9-15(17-2)8-12-5-4-6-14(16)7-12/h4-7,10-11,15,17H,3,8-9H2,1-2H3. The average molecular weight is 261 g/mol. The summed E-state index contributed by atoms with van der Waals surface area (Å²) >= 11 is 0. The first-order valence-electron chi connectivity index (χ1n) is 6.64. The molecule has 19 heavy (non-hydrogen) atoms. The molecular formula is C15H20FN3. The SMILES string of the molecule is CCn1cc(CC(Cc2cccc(F)c2)NC)cn1. The second kappa shape index (κ2) is 6.48. The molecule has 4 heteroatoms. The van der Waals surface area contributed by atoms with Crippen LogP contribution in [0.4, 0.5) is 4.39 Å². The van der Waals surface area contributed by atoms with Crippen molar-refractivity contribution < 1.29 is 4.39 Å². The fourth-order valence-corrected chi connectivity index (χ4v) is 2.19. The molecule has 0 amide bonds. The highest BCUT2D eigenvalue weighted by Crippen LogP contribution is 2.10. The van der Waals surface area contributed by atoms with Gasteiger partial charge in [-0.2, -0.15) is 5.10 Å². The zero-order valence-corrected chi connectivity index (χ0v) is 11.4. The van der Waals surface area contributed by atoms with Crippen molar-refractivity contribution in [3.8, 4) is 0 Å². The third kappa shape index (κ3) is 3.89. The zero-order chi connectivity index (χ0) is 13.7. The molecule has 0 saturated carbocycles. The van der Waals surface area contributed by atoms with Crippen LogP contribution in [0.5, 0.6) is 0 Å². The van der Waals surface area contributed by atoms with E-state index in [0.29, 0.717) is 0 Å². The van der Waals surface area contributed by atoms with Crippen LogP contribution >= 0.6 is 0 Å². The molecule has 2 rings (SSSR count). The lowest BCUT2D eigenvalue weighted by Crippen LogP contribution is -2.29. The summed E-state index contributed by atoms with van der Waals surface area (Å²) in [5, 5.41) is 7.56. The molecule has 1 unspecified atom stereocenters. The van der Waals surface area contributed by atoms with Crippen LogP contribution in [-0.2, 0) is 19.4 Å². The lowest BCUT2D eigenvalue weighted by atomic mass is 10.0. The number of nitrogens with one attached hydrogen (secondary N) is 1. The van der Waals surface area contributed by atoms with Gasteiger partial charge in [0.15, 0.2) is 0 Å². The van der Waals surface area contributed by atoms with Crippen LogP contribution in [0.15, 0.2) is 36.7 Å². The monoisotopic (exact) mass is 261 g/mol. The Morgan fingerprint density at radius 2 is 2.11 bits per heavy atom. The predicted octanol–water partition coefficient (Wildman–Crippen LogP) is 2.42.